The van der Waals surface area contributed by atoms with Crippen LogP contribution < -0.4 is 15.8 Å². The van der Waals surface area contributed by atoms with Crippen LogP contribution in [0.4, 0.5) is 28.8 Å². The summed E-state index contributed by atoms with van der Waals surface area (Å²) in [6.07, 6.45) is 0. The SMILES string of the molecule is COc1cc(Nc2c(Cl)cc(Cl)c3c2N=S=N3)nc(N)n1. The van der Waals surface area contributed by atoms with Crippen LogP contribution in [0.1, 0.15) is 0 Å². The van der Waals surface area contributed by atoms with E-state index in [1.54, 1.807) is 12.1 Å². The van der Waals surface area contributed by atoms with Gasteiger partial charge in [-0.3, -0.25) is 0 Å². The molecule has 2 aromatic rings. The molecule has 1 aliphatic rings. The molecule has 108 valence electrons. The third-order valence-electron chi connectivity index (χ3n) is 2.63. The van der Waals surface area contributed by atoms with E-state index in [0.29, 0.717) is 38.8 Å². The Morgan fingerprint density at radius 1 is 1.14 bits per heavy atom. The van der Waals surface area contributed by atoms with Gasteiger partial charge in [0.05, 0.1) is 34.2 Å². The summed E-state index contributed by atoms with van der Waals surface area (Å²) in [5.74, 6) is 0.843. The maximum atomic E-state index is 6.21. The minimum Gasteiger partial charge on any atom is -0.481 e. The Morgan fingerprint density at radius 2 is 1.90 bits per heavy atom. The lowest BCUT2D eigenvalue weighted by molar-refractivity contribution is 0.398. The maximum absolute atomic E-state index is 6.21. The van der Waals surface area contributed by atoms with Gasteiger partial charge in [-0.1, -0.05) is 23.2 Å². The molecule has 21 heavy (non-hydrogen) atoms. The Labute approximate surface area is 133 Å². The molecule has 2 heterocycles. The van der Waals surface area contributed by atoms with Gasteiger partial charge in [-0.15, -0.1) is 0 Å². The van der Waals surface area contributed by atoms with Gasteiger partial charge in [-0.2, -0.15) is 18.7 Å². The van der Waals surface area contributed by atoms with Crippen LogP contribution in [-0.2, 0) is 11.4 Å². The predicted molar refractivity (Wildman–Crippen MR) is 84.3 cm³/mol. The number of anilines is 3. The highest BCUT2D eigenvalue weighted by Gasteiger charge is 2.19. The quantitative estimate of drug-likeness (QED) is 0.753. The standard InChI is InChI=1S/C11H8Cl2N6OS/c1-20-7-3-6(16-11(14)17-7)15-8-4(12)2-5(13)9-10(8)19-21-18-9/h2-3H,1H3,(H3,14,15,16,17). The maximum Gasteiger partial charge on any atom is 0.225 e. The van der Waals surface area contributed by atoms with Gasteiger partial charge in [0.15, 0.2) is 0 Å². The van der Waals surface area contributed by atoms with Gasteiger partial charge in [0.2, 0.25) is 11.8 Å². The number of benzene rings is 1. The largest absolute Gasteiger partial charge is 0.481 e. The molecule has 1 aliphatic heterocycles. The van der Waals surface area contributed by atoms with Crippen LogP contribution >= 0.6 is 23.2 Å². The van der Waals surface area contributed by atoms with E-state index in [2.05, 4.69) is 24.0 Å². The Kier molecular flexibility index (Phi) is 3.66. The van der Waals surface area contributed by atoms with Gasteiger partial charge in [-0.05, 0) is 6.07 Å². The topological polar surface area (TPSA) is 97.8 Å². The highest BCUT2D eigenvalue weighted by Crippen LogP contribution is 2.48. The lowest BCUT2D eigenvalue weighted by Crippen LogP contribution is -2.02. The molecule has 0 aliphatic carbocycles. The van der Waals surface area contributed by atoms with Crippen LogP contribution in [0, 0.1) is 0 Å². The van der Waals surface area contributed by atoms with Crippen molar-refractivity contribution >= 4 is 63.4 Å². The molecule has 10 heteroatoms. The van der Waals surface area contributed by atoms with E-state index in [0.717, 1.165) is 11.4 Å². The normalized spacial score (nSPS) is 12.0. The highest BCUT2D eigenvalue weighted by atomic mass is 35.5. The zero-order chi connectivity index (χ0) is 15.0. The zero-order valence-corrected chi connectivity index (χ0v) is 12.9. The molecule has 3 rings (SSSR count). The number of nitrogens with two attached hydrogens (primary N) is 1. The molecule has 0 saturated carbocycles. The van der Waals surface area contributed by atoms with E-state index in [1.165, 1.54) is 7.11 Å². The van der Waals surface area contributed by atoms with E-state index >= 15 is 0 Å². The van der Waals surface area contributed by atoms with Gasteiger partial charge >= 0.3 is 0 Å². The molecule has 0 amide bonds. The van der Waals surface area contributed by atoms with Crippen LogP contribution in [-0.4, -0.2) is 17.1 Å². The number of ether oxygens (including phenoxy) is 1. The molecular formula is C11H8Cl2N6OS. The summed E-state index contributed by atoms with van der Waals surface area (Å²) in [6, 6.07) is 3.18. The summed E-state index contributed by atoms with van der Waals surface area (Å²) >= 11 is 13.3. The molecule has 3 N–H and O–H groups in total. The zero-order valence-electron chi connectivity index (χ0n) is 10.6. The van der Waals surface area contributed by atoms with E-state index in [-0.39, 0.29) is 5.95 Å². The number of rotatable bonds is 3. The van der Waals surface area contributed by atoms with Crippen molar-refractivity contribution in [3.63, 3.8) is 0 Å². The third kappa shape index (κ3) is 2.65. The van der Waals surface area contributed by atoms with Crippen LogP contribution in [0.15, 0.2) is 20.9 Å². The van der Waals surface area contributed by atoms with Crippen LogP contribution in [0.2, 0.25) is 10.0 Å². The first-order valence-corrected chi connectivity index (χ1v) is 7.13. The van der Waals surface area contributed by atoms with Gasteiger partial charge in [0.1, 0.15) is 17.2 Å². The van der Waals surface area contributed by atoms with Crippen molar-refractivity contribution < 1.29 is 4.74 Å². The first kappa shape index (κ1) is 14.1. The third-order valence-corrected chi connectivity index (χ3v) is 3.74. The van der Waals surface area contributed by atoms with Gasteiger partial charge in [0.25, 0.3) is 0 Å². The smallest absolute Gasteiger partial charge is 0.225 e. The molecule has 0 spiro atoms. The molecule has 7 nitrogen and oxygen atoms in total. The second-order valence-corrected chi connectivity index (χ2v) is 5.30. The summed E-state index contributed by atoms with van der Waals surface area (Å²) in [5, 5.41) is 3.88. The van der Waals surface area contributed by atoms with Crippen molar-refractivity contribution in [2.75, 3.05) is 18.2 Å². The molecule has 0 radical (unpaired) electrons. The van der Waals surface area contributed by atoms with Gasteiger partial charge in [0, 0.05) is 6.07 Å². The van der Waals surface area contributed by atoms with Gasteiger partial charge < -0.3 is 15.8 Å². The summed E-state index contributed by atoms with van der Waals surface area (Å²) in [4.78, 5) is 7.98. The average molecular weight is 343 g/mol. The summed E-state index contributed by atoms with van der Waals surface area (Å²) in [6.45, 7) is 0. The van der Waals surface area contributed by atoms with E-state index in [4.69, 9.17) is 33.7 Å². The summed E-state index contributed by atoms with van der Waals surface area (Å²) in [5.41, 5.74) is 7.30. The number of hydrogen-bond donors (Lipinski definition) is 2. The monoisotopic (exact) mass is 342 g/mol. The fraction of sp³-hybridized carbons (Fsp3) is 0.0909. The number of halogens is 2. The number of fused-ring (bicyclic) bond motifs is 1. The Morgan fingerprint density at radius 3 is 2.67 bits per heavy atom. The molecular weight excluding hydrogens is 335 g/mol. The molecule has 1 aromatic carbocycles. The number of nitrogens with one attached hydrogen (secondary N) is 1. The number of aromatic nitrogens is 2. The Bertz CT molecular complexity index is 806. The van der Waals surface area contributed by atoms with Crippen LogP contribution in [0.5, 0.6) is 5.88 Å². The molecule has 0 bridgehead atoms. The van der Waals surface area contributed by atoms with Crippen molar-refractivity contribution in [3.8, 4) is 5.88 Å². The van der Waals surface area contributed by atoms with Crippen molar-refractivity contribution in [2.45, 2.75) is 0 Å². The van der Waals surface area contributed by atoms with Crippen molar-refractivity contribution in [2.24, 2.45) is 8.73 Å². The lowest BCUT2D eigenvalue weighted by atomic mass is 10.2. The minimum atomic E-state index is 0.0783. The Hall–Kier alpha value is -1.90. The molecule has 0 saturated heterocycles. The number of methoxy groups -OCH3 is 1. The van der Waals surface area contributed by atoms with Crippen molar-refractivity contribution in [1.82, 2.24) is 9.97 Å². The minimum absolute atomic E-state index is 0.0783. The second-order valence-electron chi connectivity index (χ2n) is 3.96. The molecule has 1 aromatic heterocycles. The number of hydrogen-bond acceptors (Lipinski definition) is 7. The molecule has 0 fully saturated rings. The lowest BCUT2D eigenvalue weighted by Gasteiger charge is -2.12. The molecule has 0 unspecified atom stereocenters. The van der Waals surface area contributed by atoms with Gasteiger partial charge in [-0.25, -0.2) is 0 Å². The van der Waals surface area contributed by atoms with E-state index in [1.807, 2.05) is 0 Å². The van der Waals surface area contributed by atoms with E-state index in [9.17, 15) is 0 Å². The van der Waals surface area contributed by atoms with Crippen molar-refractivity contribution in [1.29, 1.82) is 0 Å². The predicted octanol–water partition coefficient (Wildman–Crippen LogP) is 3.84. The fourth-order valence-electron chi connectivity index (χ4n) is 1.73. The van der Waals surface area contributed by atoms with Crippen molar-refractivity contribution in [3.05, 3.63) is 22.2 Å². The summed E-state index contributed by atoms with van der Waals surface area (Å²) < 4.78 is 13.4. The first-order chi connectivity index (χ1) is 10.1. The highest BCUT2D eigenvalue weighted by molar-refractivity contribution is 7.58. The first-order valence-electron chi connectivity index (χ1n) is 5.64. The fourth-order valence-corrected chi connectivity index (χ4v) is 2.89. The Balaban J connectivity index is 2.06. The van der Waals surface area contributed by atoms with Crippen LogP contribution in [0.3, 0.4) is 0 Å². The van der Waals surface area contributed by atoms with E-state index < -0.39 is 0 Å². The number of nitrogens with zero attached hydrogens (tertiary/aromatic N) is 4. The second kappa shape index (κ2) is 5.47. The van der Waals surface area contributed by atoms with Crippen LogP contribution in [0.25, 0.3) is 0 Å². The summed E-state index contributed by atoms with van der Waals surface area (Å²) in [7, 11) is 1.49. The average Bonchev–Trinajstić information content (AvgIpc) is 2.92. The molecule has 0 atom stereocenters. The number of nitrogen functional groups attached to an aromatic ring is 1.